The first-order valence-electron chi connectivity index (χ1n) is 9.61. The number of nitrogens with zero attached hydrogens (tertiary/aromatic N) is 3. The highest BCUT2D eigenvalue weighted by Crippen LogP contribution is 2.39. The Balaban J connectivity index is 1.81. The van der Waals surface area contributed by atoms with Crippen molar-refractivity contribution in [1.29, 1.82) is 0 Å². The largest absolute Gasteiger partial charge is 0.494 e. The zero-order valence-corrected chi connectivity index (χ0v) is 17.1. The molecule has 0 aliphatic heterocycles. The molecule has 0 fully saturated rings. The Labute approximate surface area is 182 Å². The number of aromatic amines is 1. The van der Waals surface area contributed by atoms with E-state index in [-0.39, 0.29) is 33.9 Å². The summed E-state index contributed by atoms with van der Waals surface area (Å²) in [5, 5.41) is 2.11. The third-order valence-corrected chi connectivity index (χ3v) is 5.19. The van der Waals surface area contributed by atoms with Crippen LogP contribution in [0.3, 0.4) is 0 Å². The molecule has 7 nitrogen and oxygen atoms in total. The van der Waals surface area contributed by atoms with Gasteiger partial charge in [-0.2, -0.15) is 17.7 Å². The normalized spacial score (nSPS) is 12.1. The summed E-state index contributed by atoms with van der Waals surface area (Å²) < 4.78 is 66.5. The molecule has 3 heterocycles. The predicted octanol–water partition coefficient (Wildman–Crippen LogP) is 4.97. The fourth-order valence-electron chi connectivity index (χ4n) is 3.71. The number of H-pyrrole nitrogens is 1. The maximum Gasteiger partial charge on any atom is 0.433 e. The summed E-state index contributed by atoms with van der Waals surface area (Å²) in [6.07, 6.45) is -4.83. The topological polar surface area (TPSA) is 85.4 Å². The van der Waals surface area contributed by atoms with E-state index in [4.69, 9.17) is 9.15 Å². The molecule has 0 saturated carbocycles. The number of ether oxygens (including phenoxy) is 1. The lowest BCUT2D eigenvalue weighted by atomic mass is 10.1. The SMILES string of the molecule is COc1cccc2oc(-c3c(C)nc4c(-c5ccc(F)cc5)c(C(F)(F)F)[nH]n4c3=O)nc12. The number of halogens is 4. The van der Waals surface area contributed by atoms with E-state index in [1.165, 1.54) is 26.2 Å². The molecule has 5 rings (SSSR count). The highest BCUT2D eigenvalue weighted by molar-refractivity contribution is 5.84. The number of hydrogen-bond acceptors (Lipinski definition) is 5. The minimum atomic E-state index is -4.83. The molecule has 0 aliphatic carbocycles. The van der Waals surface area contributed by atoms with Gasteiger partial charge >= 0.3 is 6.18 Å². The third kappa shape index (κ3) is 3.23. The molecular formula is C22H14F4N4O3. The summed E-state index contributed by atoms with van der Waals surface area (Å²) in [5.41, 5.74) is -1.89. The Morgan fingerprint density at radius 2 is 1.79 bits per heavy atom. The molecule has 3 aromatic heterocycles. The van der Waals surface area contributed by atoms with Crippen LogP contribution < -0.4 is 10.3 Å². The number of oxazole rings is 1. The second-order valence-electron chi connectivity index (χ2n) is 7.23. The molecule has 33 heavy (non-hydrogen) atoms. The van der Waals surface area contributed by atoms with Crippen molar-refractivity contribution in [2.45, 2.75) is 13.1 Å². The summed E-state index contributed by atoms with van der Waals surface area (Å²) in [7, 11) is 1.45. The second-order valence-corrected chi connectivity index (χ2v) is 7.23. The number of para-hydroxylation sites is 1. The number of benzene rings is 2. The maximum absolute atomic E-state index is 13.8. The lowest BCUT2D eigenvalue weighted by molar-refractivity contribution is -0.140. The molecule has 0 aliphatic rings. The van der Waals surface area contributed by atoms with E-state index in [9.17, 15) is 22.4 Å². The molecule has 0 atom stereocenters. The van der Waals surface area contributed by atoms with Crippen LogP contribution in [-0.4, -0.2) is 26.7 Å². The molecule has 0 bridgehead atoms. The van der Waals surface area contributed by atoms with Crippen LogP contribution in [0.15, 0.2) is 51.7 Å². The Kier molecular flexibility index (Phi) is 4.52. The zero-order chi connectivity index (χ0) is 23.5. The summed E-state index contributed by atoms with van der Waals surface area (Å²) in [6, 6.07) is 9.40. The Hall–Kier alpha value is -4.15. The number of aromatic nitrogens is 4. The first-order chi connectivity index (χ1) is 15.7. The molecule has 5 aromatic rings. The van der Waals surface area contributed by atoms with Gasteiger partial charge in [0.1, 0.15) is 22.8 Å². The van der Waals surface area contributed by atoms with Crippen molar-refractivity contribution >= 4 is 16.7 Å². The zero-order valence-electron chi connectivity index (χ0n) is 17.1. The fraction of sp³-hybridized carbons (Fsp3) is 0.136. The van der Waals surface area contributed by atoms with E-state index in [0.717, 1.165) is 12.1 Å². The predicted molar refractivity (Wildman–Crippen MR) is 111 cm³/mol. The van der Waals surface area contributed by atoms with Gasteiger partial charge in [0, 0.05) is 0 Å². The number of nitrogens with one attached hydrogen (secondary N) is 1. The van der Waals surface area contributed by atoms with Crippen molar-refractivity contribution in [2.24, 2.45) is 0 Å². The molecule has 168 valence electrons. The minimum Gasteiger partial charge on any atom is -0.494 e. The van der Waals surface area contributed by atoms with E-state index in [2.05, 4.69) is 15.1 Å². The highest BCUT2D eigenvalue weighted by atomic mass is 19.4. The quantitative estimate of drug-likeness (QED) is 0.386. The van der Waals surface area contributed by atoms with Gasteiger partial charge in [-0.15, -0.1) is 0 Å². The molecule has 1 N–H and O–H groups in total. The van der Waals surface area contributed by atoms with E-state index in [1.54, 1.807) is 18.2 Å². The number of rotatable bonds is 3. The van der Waals surface area contributed by atoms with Crippen molar-refractivity contribution in [1.82, 2.24) is 19.6 Å². The number of alkyl halides is 3. The van der Waals surface area contributed by atoms with Crippen molar-refractivity contribution in [3.8, 4) is 28.3 Å². The number of methoxy groups -OCH3 is 1. The Morgan fingerprint density at radius 1 is 1.06 bits per heavy atom. The summed E-state index contributed by atoms with van der Waals surface area (Å²) in [5.74, 6) is -0.306. The van der Waals surface area contributed by atoms with Gasteiger partial charge in [0.25, 0.3) is 5.56 Å². The van der Waals surface area contributed by atoms with Crippen molar-refractivity contribution in [2.75, 3.05) is 7.11 Å². The molecule has 2 aromatic carbocycles. The Bertz CT molecular complexity index is 1580. The summed E-state index contributed by atoms with van der Waals surface area (Å²) in [4.78, 5) is 21.9. The average Bonchev–Trinajstić information content (AvgIpc) is 3.36. The standard InChI is InChI=1S/C22H14F4N4O3/c1-10-15(20-28-17-13(32-2)4-3-5-14(17)33-20)21(31)30-19(27-10)16(18(29-30)22(24,25)26)11-6-8-12(23)9-7-11/h3-9,29H,1-2H3. The smallest absolute Gasteiger partial charge is 0.433 e. The van der Waals surface area contributed by atoms with Crippen molar-refractivity contribution in [3.05, 3.63) is 70.0 Å². The lowest BCUT2D eigenvalue weighted by Gasteiger charge is -2.07. The van der Waals surface area contributed by atoms with Gasteiger partial charge in [-0.05, 0) is 36.8 Å². The minimum absolute atomic E-state index is 0.0492. The van der Waals surface area contributed by atoms with Gasteiger partial charge < -0.3 is 9.15 Å². The second kappa shape index (κ2) is 7.19. The number of aryl methyl sites for hydroxylation is 1. The van der Waals surface area contributed by atoms with Crippen molar-refractivity contribution < 1.29 is 26.7 Å². The van der Waals surface area contributed by atoms with Crippen LogP contribution in [0.25, 0.3) is 39.3 Å². The van der Waals surface area contributed by atoms with Gasteiger partial charge in [-0.3, -0.25) is 9.89 Å². The maximum atomic E-state index is 13.8. The van der Waals surface area contributed by atoms with Crippen LogP contribution in [0.5, 0.6) is 5.75 Å². The molecule has 11 heteroatoms. The van der Waals surface area contributed by atoms with E-state index in [0.29, 0.717) is 21.4 Å². The molecule has 0 unspecified atom stereocenters. The monoisotopic (exact) mass is 458 g/mol. The van der Waals surface area contributed by atoms with Crippen molar-refractivity contribution in [3.63, 3.8) is 0 Å². The first kappa shape index (κ1) is 20.7. The number of fused-ring (bicyclic) bond motifs is 2. The highest BCUT2D eigenvalue weighted by Gasteiger charge is 2.38. The molecule has 0 amide bonds. The molecule has 0 spiro atoms. The lowest BCUT2D eigenvalue weighted by Crippen LogP contribution is -2.19. The summed E-state index contributed by atoms with van der Waals surface area (Å²) in [6.45, 7) is 1.47. The van der Waals surface area contributed by atoms with E-state index >= 15 is 0 Å². The van der Waals surface area contributed by atoms with Crippen LogP contribution in [-0.2, 0) is 6.18 Å². The molecular weight excluding hydrogens is 444 g/mol. The van der Waals surface area contributed by atoms with E-state index in [1.807, 2.05) is 0 Å². The van der Waals surface area contributed by atoms with Crippen LogP contribution in [0, 0.1) is 12.7 Å². The van der Waals surface area contributed by atoms with Crippen LogP contribution in [0.4, 0.5) is 17.6 Å². The number of hydrogen-bond donors (Lipinski definition) is 1. The van der Waals surface area contributed by atoms with Crippen LogP contribution in [0.1, 0.15) is 11.4 Å². The average molecular weight is 458 g/mol. The molecule has 0 saturated heterocycles. The molecule has 0 radical (unpaired) electrons. The van der Waals surface area contributed by atoms with Crippen LogP contribution in [0.2, 0.25) is 0 Å². The first-order valence-corrected chi connectivity index (χ1v) is 9.61. The van der Waals surface area contributed by atoms with Gasteiger partial charge in [-0.25, -0.2) is 14.4 Å². The van der Waals surface area contributed by atoms with Gasteiger partial charge in [0.05, 0.1) is 18.4 Å². The Morgan fingerprint density at radius 3 is 2.45 bits per heavy atom. The van der Waals surface area contributed by atoms with Gasteiger partial charge in [-0.1, -0.05) is 18.2 Å². The van der Waals surface area contributed by atoms with Gasteiger partial charge in [0.2, 0.25) is 5.89 Å². The fourth-order valence-corrected chi connectivity index (χ4v) is 3.71. The van der Waals surface area contributed by atoms with Gasteiger partial charge in [0.15, 0.2) is 16.7 Å². The third-order valence-electron chi connectivity index (χ3n) is 5.19. The van der Waals surface area contributed by atoms with Crippen LogP contribution >= 0.6 is 0 Å². The van der Waals surface area contributed by atoms with E-state index < -0.39 is 23.2 Å². The summed E-state index contributed by atoms with van der Waals surface area (Å²) >= 11 is 0.